The lowest BCUT2D eigenvalue weighted by Gasteiger charge is -2.17. The van der Waals surface area contributed by atoms with E-state index in [0.29, 0.717) is 5.25 Å². The molecular weight excluding hydrogens is 220 g/mol. The van der Waals surface area contributed by atoms with Gasteiger partial charge in [0.05, 0.1) is 13.2 Å². The molecule has 1 aromatic rings. The first-order valence-electron chi connectivity index (χ1n) is 5.72. The Balaban J connectivity index is 1.96. The molecule has 16 heavy (non-hydrogen) atoms. The summed E-state index contributed by atoms with van der Waals surface area (Å²) >= 11 is 1.90. The maximum absolute atomic E-state index is 10.1. The fourth-order valence-electron chi connectivity index (χ4n) is 2.08. The Hall–Kier alpha value is -0.670. The predicted molar refractivity (Wildman–Crippen MR) is 68.2 cm³/mol. The van der Waals surface area contributed by atoms with Crippen LogP contribution in [0.4, 0.5) is 0 Å². The van der Waals surface area contributed by atoms with E-state index < -0.39 is 0 Å². The summed E-state index contributed by atoms with van der Waals surface area (Å²) in [5.74, 6) is 2.06. The maximum Gasteiger partial charge on any atom is 0.119 e. The van der Waals surface area contributed by atoms with Gasteiger partial charge >= 0.3 is 0 Å². The standard InChI is InChI=1S/C13H18O2S/c1-15-11-5-2-4-10(8-11)9-12(14)13-6-3-7-16-13/h2,4-5,8,12-14H,3,6-7,9H2,1H3. The summed E-state index contributed by atoms with van der Waals surface area (Å²) in [6.07, 6.45) is 2.90. The fraction of sp³-hybridized carbons (Fsp3) is 0.538. The van der Waals surface area contributed by atoms with Crippen LogP contribution in [0.2, 0.25) is 0 Å². The van der Waals surface area contributed by atoms with Gasteiger partial charge in [0.15, 0.2) is 0 Å². The Morgan fingerprint density at radius 3 is 3.12 bits per heavy atom. The zero-order valence-corrected chi connectivity index (χ0v) is 10.4. The van der Waals surface area contributed by atoms with Crippen molar-refractivity contribution in [1.29, 1.82) is 0 Å². The van der Waals surface area contributed by atoms with Crippen molar-refractivity contribution in [1.82, 2.24) is 0 Å². The van der Waals surface area contributed by atoms with Crippen LogP contribution in [0, 0.1) is 0 Å². The molecule has 0 saturated carbocycles. The number of ether oxygens (including phenoxy) is 1. The second kappa shape index (κ2) is 5.60. The van der Waals surface area contributed by atoms with Gasteiger partial charge in [0.1, 0.15) is 5.75 Å². The largest absolute Gasteiger partial charge is 0.497 e. The third kappa shape index (κ3) is 2.92. The van der Waals surface area contributed by atoms with E-state index >= 15 is 0 Å². The van der Waals surface area contributed by atoms with Crippen LogP contribution in [-0.2, 0) is 6.42 Å². The summed E-state index contributed by atoms with van der Waals surface area (Å²) in [5.41, 5.74) is 1.15. The van der Waals surface area contributed by atoms with Crippen molar-refractivity contribution in [2.45, 2.75) is 30.6 Å². The van der Waals surface area contributed by atoms with Gasteiger partial charge in [-0.2, -0.15) is 11.8 Å². The van der Waals surface area contributed by atoms with Gasteiger partial charge in [0.2, 0.25) is 0 Å². The van der Waals surface area contributed by atoms with Gasteiger partial charge in [-0.25, -0.2) is 0 Å². The van der Waals surface area contributed by atoms with Crippen LogP contribution in [0.1, 0.15) is 18.4 Å². The topological polar surface area (TPSA) is 29.5 Å². The van der Waals surface area contributed by atoms with Crippen molar-refractivity contribution in [3.8, 4) is 5.75 Å². The number of aliphatic hydroxyl groups is 1. The molecule has 0 aliphatic carbocycles. The van der Waals surface area contributed by atoms with E-state index in [4.69, 9.17) is 4.74 Å². The number of aliphatic hydroxyl groups excluding tert-OH is 1. The summed E-state index contributed by atoms with van der Waals surface area (Å²) < 4.78 is 5.18. The number of thioether (sulfide) groups is 1. The number of hydrogen-bond donors (Lipinski definition) is 1. The second-order valence-electron chi connectivity index (χ2n) is 4.17. The molecule has 0 bridgehead atoms. The summed E-state index contributed by atoms with van der Waals surface area (Å²) in [6, 6.07) is 7.96. The number of rotatable bonds is 4. The SMILES string of the molecule is COc1cccc(CC(O)C2CCCS2)c1. The molecular formula is C13H18O2S. The average molecular weight is 238 g/mol. The second-order valence-corrected chi connectivity index (χ2v) is 5.52. The normalized spacial score (nSPS) is 22.0. The van der Waals surface area contributed by atoms with Gasteiger partial charge in [0, 0.05) is 5.25 Å². The molecule has 3 heteroatoms. The van der Waals surface area contributed by atoms with Crippen LogP contribution in [0.25, 0.3) is 0 Å². The van der Waals surface area contributed by atoms with E-state index in [2.05, 4.69) is 0 Å². The quantitative estimate of drug-likeness (QED) is 0.874. The van der Waals surface area contributed by atoms with E-state index in [1.165, 1.54) is 12.2 Å². The first-order valence-corrected chi connectivity index (χ1v) is 6.77. The molecule has 0 aromatic heterocycles. The number of hydrogen-bond acceptors (Lipinski definition) is 3. The Bertz CT molecular complexity index is 334. The van der Waals surface area contributed by atoms with E-state index in [1.807, 2.05) is 36.0 Å². The van der Waals surface area contributed by atoms with Crippen molar-refractivity contribution in [3.05, 3.63) is 29.8 Å². The zero-order chi connectivity index (χ0) is 11.4. The van der Waals surface area contributed by atoms with Crippen molar-refractivity contribution < 1.29 is 9.84 Å². The Morgan fingerprint density at radius 1 is 1.56 bits per heavy atom. The van der Waals surface area contributed by atoms with Crippen LogP contribution >= 0.6 is 11.8 Å². The fourth-order valence-corrected chi connectivity index (χ4v) is 3.37. The van der Waals surface area contributed by atoms with E-state index in [-0.39, 0.29) is 6.10 Å². The molecule has 1 N–H and O–H groups in total. The molecule has 2 atom stereocenters. The highest BCUT2D eigenvalue weighted by molar-refractivity contribution is 8.00. The van der Waals surface area contributed by atoms with E-state index in [1.54, 1.807) is 7.11 Å². The van der Waals surface area contributed by atoms with Crippen LogP contribution in [-0.4, -0.2) is 29.3 Å². The minimum Gasteiger partial charge on any atom is -0.497 e. The molecule has 1 aliphatic heterocycles. The molecule has 2 unspecified atom stereocenters. The smallest absolute Gasteiger partial charge is 0.119 e. The lowest BCUT2D eigenvalue weighted by Crippen LogP contribution is -2.23. The summed E-state index contributed by atoms with van der Waals surface area (Å²) in [7, 11) is 1.67. The van der Waals surface area contributed by atoms with Crippen LogP contribution in [0.5, 0.6) is 5.75 Å². The Morgan fingerprint density at radius 2 is 2.44 bits per heavy atom. The minimum atomic E-state index is -0.223. The number of benzene rings is 1. The predicted octanol–water partition coefficient (Wildman–Crippen LogP) is 2.49. The molecule has 1 fully saturated rings. The van der Waals surface area contributed by atoms with Crippen molar-refractivity contribution in [2.75, 3.05) is 12.9 Å². The van der Waals surface area contributed by atoms with E-state index in [9.17, 15) is 5.11 Å². The monoisotopic (exact) mass is 238 g/mol. The Labute approximate surface area is 101 Å². The molecule has 2 rings (SSSR count). The third-order valence-corrected chi connectivity index (χ3v) is 4.48. The highest BCUT2D eigenvalue weighted by Gasteiger charge is 2.23. The van der Waals surface area contributed by atoms with Gasteiger partial charge < -0.3 is 9.84 Å². The highest BCUT2D eigenvalue weighted by atomic mass is 32.2. The van der Waals surface area contributed by atoms with Gasteiger partial charge in [-0.05, 0) is 42.7 Å². The van der Waals surface area contributed by atoms with Crippen molar-refractivity contribution >= 4 is 11.8 Å². The summed E-state index contributed by atoms with van der Waals surface area (Å²) in [4.78, 5) is 0. The van der Waals surface area contributed by atoms with Crippen molar-refractivity contribution in [2.24, 2.45) is 0 Å². The summed E-state index contributed by atoms with van der Waals surface area (Å²) in [5, 5.41) is 10.5. The van der Waals surface area contributed by atoms with Crippen LogP contribution in [0.3, 0.4) is 0 Å². The lowest BCUT2D eigenvalue weighted by atomic mass is 10.0. The van der Waals surface area contributed by atoms with Gasteiger partial charge in [0.25, 0.3) is 0 Å². The molecule has 0 spiro atoms. The molecule has 0 radical (unpaired) electrons. The molecule has 1 aliphatic rings. The average Bonchev–Trinajstić information content (AvgIpc) is 2.83. The molecule has 1 heterocycles. The molecule has 1 aromatic carbocycles. The molecule has 2 nitrogen and oxygen atoms in total. The first kappa shape index (κ1) is 11.8. The molecule has 0 amide bonds. The van der Waals surface area contributed by atoms with Crippen molar-refractivity contribution in [3.63, 3.8) is 0 Å². The molecule has 88 valence electrons. The van der Waals surface area contributed by atoms with Crippen LogP contribution < -0.4 is 4.74 Å². The van der Waals surface area contributed by atoms with Gasteiger partial charge in [-0.3, -0.25) is 0 Å². The van der Waals surface area contributed by atoms with Gasteiger partial charge in [-0.15, -0.1) is 0 Å². The van der Waals surface area contributed by atoms with E-state index in [0.717, 1.165) is 24.2 Å². The third-order valence-electron chi connectivity index (χ3n) is 2.97. The highest BCUT2D eigenvalue weighted by Crippen LogP contribution is 2.30. The molecule has 1 saturated heterocycles. The number of methoxy groups -OCH3 is 1. The first-order chi connectivity index (χ1) is 7.79. The summed E-state index contributed by atoms with van der Waals surface area (Å²) in [6.45, 7) is 0. The maximum atomic E-state index is 10.1. The zero-order valence-electron chi connectivity index (χ0n) is 9.56. The Kier molecular flexibility index (Phi) is 4.13. The van der Waals surface area contributed by atoms with Crippen LogP contribution in [0.15, 0.2) is 24.3 Å². The minimum absolute atomic E-state index is 0.223. The van der Waals surface area contributed by atoms with Gasteiger partial charge in [-0.1, -0.05) is 12.1 Å². The lowest BCUT2D eigenvalue weighted by molar-refractivity contribution is 0.170.